The normalized spacial score (nSPS) is 9.85. The van der Waals surface area contributed by atoms with E-state index in [1.165, 1.54) is 13.2 Å². The number of rotatable bonds is 3. The van der Waals surface area contributed by atoms with Crippen LogP contribution in [0, 0.1) is 18.3 Å². The van der Waals surface area contributed by atoms with E-state index in [2.05, 4.69) is 15.5 Å². The Kier molecular flexibility index (Phi) is 3.57. The van der Waals surface area contributed by atoms with Gasteiger partial charge in [-0.25, -0.2) is 0 Å². The molecule has 2 rings (SSSR count). The number of carbonyl (C=O) groups excluding carboxylic acids is 1. The number of aromatic nitrogens is 2. The molecule has 20 heavy (non-hydrogen) atoms. The standard InChI is InChI=1S/C13H13N5O2/c1-7-11(15)12(18-17-7)13(19)16-9-4-3-8(6-14)5-10(9)20-2/h3-5H,15H2,1-2H3,(H,16,19)(H,17,18). The zero-order valence-electron chi connectivity index (χ0n) is 11.0. The first-order valence-corrected chi connectivity index (χ1v) is 5.76. The molecule has 4 N–H and O–H groups in total. The number of hydrogen-bond acceptors (Lipinski definition) is 5. The monoisotopic (exact) mass is 271 g/mol. The van der Waals surface area contributed by atoms with Crippen molar-refractivity contribution in [2.24, 2.45) is 0 Å². The number of aryl methyl sites for hydroxylation is 1. The summed E-state index contributed by atoms with van der Waals surface area (Å²) < 4.78 is 5.13. The maximum absolute atomic E-state index is 12.1. The fraction of sp³-hybridized carbons (Fsp3) is 0.154. The van der Waals surface area contributed by atoms with Gasteiger partial charge in [0, 0.05) is 6.07 Å². The van der Waals surface area contributed by atoms with Crippen LogP contribution in [0.5, 0.6) is 5.75 Å². The summed E-state index contributed by atoms with van der Waals surface area (Å²) in [7, 11) is 1.46. The van der Waals surface area contributed by atoms with Gasteiger partial charge in [-0.1, -0.05) is 0 Å². The Morgan fingerprint density at radius 1 is 1.55 bits per heavy atom. The van der Waals surface area contributed by atoms with Crippen LogP contribution in [0.3, 0.4) is 0 Å². The minimum Gasteiger partial charge on any atom is -0.495 e. The molecule has 0 saturated heterocycles. The van der Waals surface area contributed by atoms with Crippen LogP contribution in [0.25, 0.3) is 0 Å². The maximum Gasteiger partial charge on any atom is 0.278 e. The van der Waals surface area contributed by atoms with Gasteiger partial charge >= 0.3 is 0 Å². The average molecular weight is 271 g/mol. The first-order valence-electron chi connectivity index (χ1n) is 5.76. The highest BCUT2D eigenvalue weighted by Gasteiger charge is 2.17. The minimum absolute atomic E-state index is 0.119. The van der Waals surface area contributed by atoms with Gasteiger partial charge in [-0.2, -0.15) is 10.4 Å². The summed E-state index contributed by atoms with van der Waals surface area (Å²) in [5.41, 5.74) is 7.67. The van der Waals surface area contributed by atoms with Gasteiger partial charge in [0.1, 0.15) is 5.75 Å². The molecule has 7 heteroatoms. The number of nitrogen functional groups attached to an aromatic ring is 1. The van der Waals surface area contributed by atoms with Gasteiger partial charge in [0.25, 0.3) is 5.91 Å². The van der Waals surface area contributed by atoms with Crippen LogP contribution in [0.4, 0.5) is 11.4 Å². The number of carbonyl (C=O) groups is 1. The molecule has 0 spiro atoms. The van der Waals surface area contributed by atoms with E-state index in [1.54, 1.807) is 19.1 Å². The molecule has 0 bridgehead atoms. The SMILES string of the molecule is COc1cc(C#N)ccc1NC(=O)c1n[nH]c(C)c1N. The van der Waals surface area contributed by atoms with Crippen molar-refractivity contribution in [3.05, 3.63) is 35.2 Å². The number of hydrogen-bond donors (Lipinski definition) is 3. The van der Waals surface area contributed by atoms with E-state index >= 15 is 0 Å². The van der Waals surface area contributed by atoms with Gasteiger partial charge in [0.15, 0.2) is 5.69 Å². The first kappa shape index (κ1) is 13.4. The molecule has 1 heterocycles. The van der Waals surface area contributed by atoms with Gasteiger partial charge in [0.05, 0.1) is 35.8 Å². The summed E-state index contributed by atoms with van der Waals surface area (Å²) in [6.07, 6.45) is 0. The third kappa shape index (κ3) is 2.40. The van der Waals surface area contributed by atoms with Gasteiger partial charge in [-0.15, -0.1) is 0 Å². The van der Waals surface area contributed by atoms with Crippen LogP contribution in [0.2, 0.25) is 0 Å². The van der Waals surface area contributed by atoms with Crippen LogP contribution in [-0.4, -0.2) is 23.2 Å². The van der Waals surface area contributed by atoms with E-state index in [9.17, 15) is 4.79 Å². The van der Waals surface area contributed by atoms with Crippen molar-refractivity contribution >= 4 is 17.3 Å². The molecule has 0 aliphatic rings. The number of anilines is 2. The number of nitriles is 1. The fourth-order valence-corrected chi connectivity index (χ4v) is 1.66. The molecule has 1 amide bonds. The molecule has 0 aliphatic heterocycles. The lowest BCUT2D eigenvalue weighted by molar-refractivity contribution is 0.102. The molecule has 2 aromatic rings. The molecule has 1 aromatic carbocycles. The van der Waals surface area contributed by atoms with Gasteiger partial charge in [-0.3, -0.25) is 9.89 Å². The lowest BCUT2D eigenvalue weighted by Crippen LogP contribution is -2.15. The Morgan fingerprint density at radius 2 is 2.30 bits per heavy atom. The van der Waals surface area contributed by atoms with Gasteiger partial charge in [-0.05, 0) is 19.1 Å². The predicted molar refractivity (Wildman–Crippen MR) is 73.4 cm³/mol. The Labute approximate surface area is 115 Å². The molecule has 0 unspecified atom stereocenters. The minimum atomic E-state index is -0.449. The van der Waals surface area contributed by atoms with Gasteiger partial charge in [0.2, 0.25) is 0 Å². The van der Waals surface area contributed by atoms with Crippen molar-refractivity contribution in [3.8, 4) is 11.8 Å². The van der Waals surface area contributed by atoms with Crippen LogP contribution in [0.15, 0.2) is 18.2 Å². The van der Waals surface area contributed by atoms with Crippen molar-refractivity contribution in [1.29, 1.82) is 5.26 Å². The van der Waals surface area contributed by atoms with E-state index < -0.39 is 5.91 Å². The van der Waals surface area contributed by atoms with Crippen LogP contribution in [-0.2, 0) is 0 Å². The number of ether oxygens (including phenoxy) is 1. The second-order valence-electron chi connectivity index (χ2n) is 4.09. The molecule has 1 aromatic heterocycles. The van der Waals surface area contributed by atoms with Crippen LogP contribution < -0.4 is 15.8 Å². The molecular formula is C13H13N5O2. The highest BCUT2D eigenvalue weighted by molar-refractivity contribution is 6.07. The number of methoxy groups -OCH3 is 1. The Balaban J connectivity index is 2.28. The van der Waals surface area contributed by atoms with Crippen molar-refractivity contribution in [2.45, 2.75) is 6.92 Å². The molecule has 0 saturated carbocycles. The molecule has 0 atom stereocenters. The van der Waals surface area contributed by atoms with Gasteiger partial charge < -0.3 is 15.8 Å². The highest BCUT2D eigenvalue weighted by atomic mass is 16.5. The molecule has 0 radical (unpaired) electrons. The van der Waals surface area contributed by atoms with Crippen LogP contribution in [0.1, 0.15) is 21.7 Å². The zero-order chi connectivity index (χ0) is 14.7. The number of H-pyrrole nitrogens is 1. The number of nitrogens with two attached hydrogens (primary N) is 1. The smallest absolute Gasteiger partial charge is 0.278 e. The first-order chi connectivity index (χ1) is 9.56. The Hall–Kier alpha value is -3.01. The fourth-order valence-electron chi connectivity index (χ4n) is 1.66. The Bertz CT molecular complexity index is 699. The van der Waals surface area contributed by atoms with E-state index in [0.717, 1.165) is 0 Å². The molecular weight excluding hydrogens is 258 g/mol. The predicted octanol–water partition coefficient (Wildman–Crippen LogP) is 1.43. The lowest BCUT2D eigenvalue weighted by atomic mass is 10.2. The largest absolute Gasteiger partial charge is 0.495 e. The summed E-state index contributed by atoms with van der Waals surface area (Å²) in [4.78, 5) is 12.1. The number of amides is 1. The molecule has 0 fully saturated rings. The third-order valence-corrected chi connectivity index (χ3v) is 2.79. The Morgan fingerprint density at radius 3 is 2.85 bits per heavy atom. The average Bonchev–Trinajstić information content (AvgIpc) is 2.79. The topological polar surface area (TPSA) is 117 Å². The molecule has 102 valence electrons. The summed E-state index contributed by atoms with van der Waals surface area (Å²) in [5, 5.41) is 18.0. The van der Waals surface area contributed by atoms with Crippen molar-refractivity contribution in [2.75, 3.05) is 18.2 Å². The number of aromatic amines is 1. The lowest BCUT2D eigenvalue weighted by Gasteiger charge is -2.09. The summed E-state index contributed by atoms with van der Waals surface area (Å²) >= 11 is 0. The summed E-state index contributed by atoms with van der Waals surface area (Å²) in [6, 6.07) is 6.70. The van der Waals surface area contributed by atoms with Crippen LogP contribution >= 0.6 is 0 Å². The van der Waals surface area contributed by atoms with E-state index in [1.807, 2.05) is 6.07 Å². The maximum atomic E-state index is 12.1. The second kappa shape index (κ2) is 5.32. The summed E-state index contributed by atoms with van der Waals surface area (Å²) in [5.74, 6) is -0.0573. The van der Waals surface area contributed by atoms with E-state index in [-0.39, 0.29) is 5.69 Å². The quantitative estimate of drug-likeness (QED) is 0.780. The zero-order valence-corrected chi connectivity index (χ0v) is 11.0. The number of nitrogens with one attached hydrogen (secondary N) is 2. The van der Waals surface area contributed by atoms with Crippen molar-refractivity contribution < 1.29 is 9.53 Å². The van der Waals surface area contributed by atoms with Crippen molar-refractivity contribution in [3.63, 3.8) is 0 Å². The third-order valence-electron chi connectivity index (χ3n) is 2.79. The number of nitrogens with zero attached hydrogens (tertiary/aromatic N) is 2. The van der Waals surface area contributed by atoms with Crippen molar-refractivity contribution in [1.82, 2.24) is 10.2 Å². The molecule has 7 nitrogen and oxygen atoms in total. The summed E-state index contributed by atoms with van der Waals surface area (Å²) in [6.45, 7) is 1.72. The van der Waals surface area contributed by atoms with E-state index in [4.69, 9.17) is 15.7 Å². The molecule has 0 aliphatic carbocycles. The number of benzene rings is 1. The second-order valence-corrected chi connectivity index (χ2v) is 4.09. The van der Waals surface area contributed by atoms with E-state index in [0.29, 0.717) is 28.4 Å². The highest BCUT2D eigenvalue weighted by Crippen LogP contribution is 2.26.